The van der Waals surface area contributed by atoms with Gasteiger partial charge in [0.15, 0.2) is 9.84 Å². The van der Waals surface area contributed by atoms with E-state index in [1.54, 1.807) is 17.0 Å². The van der Waals surface area contributed by atoms with Crippen molar-refractivity contribution in [1.29, 1.82) is 0 Å². The van der Waals surface area contributed by atoms with Crippen molar-refractivity contribution in [1.82, 2.24) is 4.90 Å². The predicted octanol–water partition coefficient (Wildman–Crippen LogP) is 3.32. The summed E-state index contributed by atoms with van der Waals surface area (Å²) in [5.41, 5.74) is 1.72. The Balaban J connectivity index is 1.80. The lowest BCUT2D eigenvalue weighted by Gasteiger charge is -2.28. The largest absolute Gasteiger partial charge is 0.334 e. The number of benzene rings is 2. The van der Waals surface area contributed by atoms with Crippen LogP contribution in [0.1, 0.15) is 22.3 Å². The molecule has 1 saturated heterocycles. The van der Waals surface area contributed by atoms with Crippen LogP contribution in [0.25, 0.3) is 0 Å². The zero-order valence-electron chi connectivity index (χ0n) is 13.8. The number of hydrogen-bond acceptors (Lipinski definition) is 3. The monoisotopic (exact) mass is 421 g/mol. The van der Waals surface area contributed by atoms with Crippen LogP contribution in [-0.4, -0.2) is 43.3 Å². The molecule has 25 heavy (non-hydrogen) atoms. The molecule has 1 aliphatic rings. The van der Waals surface area contributed by atoms with Gasteiger partial charge in [-0.1, -0.05) is 46.3 Å². The highest BCUT2D eigenvalue weighted by Crippen LogP contribution is 2.21. The Morgan fingerprint density at radius 1 is 1.08 bits per heavy atom. The molecular weight excluding hydrogens is 402 g/mol. The number of amides is 1. The first-order chi connectivity index (χ1) is 11.9. The van der Waals surface area contributed by atoms with Gasteiger partial charge in [0.05, 0.1) is 11.5 Å². The number of nitrogens with zero attached hydrogens (tertiary/aromatic N) is 1. The van der Waals surface area contributed by atoms with Gasteiger partial charge in [-0.3, -0.25) is 4.79 Å². The third kappa shape index (κ3) is 4.70. The average Bonchev–Trinajstić information content (AvgIpc) is 2.96. The molecule has 0 aromatic heterocycles. The van der Waals surface area contributed by atoms with Crippen LogP contribution in [0.4, 0.5) is 0 Å². The summed E-state index contributed by atoms with van der Waals surface area (Å²) >= 11 is 3.37. The van der Waals surface area contributed by atoms with E-state index in [1.807, 2.05) is 42.5 Å². The number of halogens is 1. The van der Waals surface area contributed by atoms with Crippen molar-refractivity contribution in [3.63, 3.8) is 0 Å². The van der Waals surface area contributed by atoms with Gasteiger partial charge in [0.2, 0.25) is 0 Å². The van der Waals surface area contributed by atoms with Gasteiger partial charge in [-0.2, -0.15) is 0 Å². The Hall–Kier alpha value is -1.66. The smallest absolute Gasteiger partial charge is 0.254 e. The minimum absolute atomic E-state index is 0.0596. The molecule has 1 amide bonds. The molecule has 132 valence electrons. The first-order valence-electron chi connectivity index (χ1n) is 8.25. The van der Waals surface area contributed by atoms with Crippen molar-refractivity contribution in [2.75, 3.05) is 18.1 Å². The lowest BCUT2D eigenvalue weighted by atomic mass is 10.1. The van der Waals surface area contributed by atoms with Gasteiger partial charge in [-0.05, 0) is 42.7 Å². The summed E-state index contributed by atoms with van der Waals surface area (Å²) in [5.74, 6) is 0.113. The van der Waals surface area contributed by atoms with E-state index in [4.69, 9.17) is 0 Å². The summed E-state index contributed by atoms with van der Waals surface area (Å²) < 4.78 is 24.7. The molecule has 1 unspecified atom stereocenters. The highest BCUT2D eigenvalue weighted by molar-refractivity contribution is 9.10. The van der Waals surface area contributed by atoms with Crippen LogP contribution in [0.15, 0.2) is 59.1 Å². The minimum Gasteiger partial charge on any atom is -0.334 e. The van der Waals surface area contributed by atoms with Crippen molar-refractivity contribution in [2.24, 2.45) is 0 Å². The maximum absolute atomic E-state index is 13.0. The van der Waals surface area contributed by atoms with Crippen LogP contribution in [0.5, 0.6) is 0 Å². The highest BCUT2D eigenvalue weighted by atomic mass is 79.9. The molecule has 4 nitrogen and oxygen atoms in total. The van der Waals surface area contributed by atoms with Gasteiger partial charge in [0, 0.05) is 22.6 Å². The number of carbonyl (C=O) groups excluding carboxylic acids is 1. The van der Waals surface area contributed by atoms with E-state index in [-0.39, 0.29) is 23.5 Å². The van der Waals surface area contributed by atoms with E-state index in [2.05, 4.69) is 15.9 Å². The zero-order chi connectivity index (χ0) is 17.9. The molecule has 1 heterocycles. The van der Waals surface area contributed by atoms with Crippen molar-refractivity contribution >= 4 is 31.7 Å². The Labute approximate surface area is 156 Å². The highest BCUT2D eigenvalue weighted by Gasteiger charge is 2.34. The molecule has 0 saturated carbocycles. The van der Waals surface area contributed by atoms with Crippen LogP contribution in [0.3, 0.4) is 0 Å². The molecule has 0 radical (unpaired) electrons. The SMILES string of the molecule is O=C(c1ccc(Br)cc1)N(CCc1ccccc1)C1CCS(=O)(=O)C1. The van der Waals surface area contributed by atoms with E-state index in [9.17, 15) is 13.2 Å². The second kappa shape index (κ2) is 7.70. The van der Waals surface area contributed by atoms with Gasteiger partial charge >= 0.3 is 0 Å². The number of rotatable bonds is 5. The normalized spacial score (nSPS) is 18.8. The standard InChI is InChI=1S/C19H20BrNO3S/c20-17-8-6-16(7-9-17)19(22)21(18-11-13-25(23,24)14-18)12-10-15-4-2-1-3-5-15/h1-9,18H,10-14H2. The van der Waals surface area contributed by atoms with Crippen molar-refractivity contribution in [3.05, 3.63) is 70.2 Å². The van der Waals surface area contributed by atoms with Crippen LogP contribution in [0.2, 0.25) is 0 Å². The second-order valence-corrected chi connectivity index (χ2v) is 9.44. The third-order valence-electron chi connectivity index (χ3n) is 4.49. The lowest BCUT2D eigenvalue weighted by molar-refractivity contribution is 0.0699. The molecule has 2 aromatic carbocycles. The van der Waals surface area contributed by atoms with Gasteiger partial charge < -0.3 is 4.90 Å². The summed E-state index contributed by atoms with van der Waals surface area (Å²) in [6.45, 7) is 0.513. The van der Waals surface area contributed by atoms with Crippen molar-refractivity contribution in [2.45, 2.75) is 18.9 Å². The molecular formula is C19H20BrNO3S. The molecule has 1 fully saturated rings. The topological polar surface area (TPSA) is 54.5 Å². The minimum atomic E-state index is -3.05. The fourth-order valence-electron chi connectivity index (χ4n) is 3.12. The van der Waals surface area contributed by atoms with Crippen LogP contribution >= 0.6 is 15.9 Å². The summed E-state index contributed by atoms with van der Waals surface area (Å²) in [5, 5.41) is 0. The predicted molar refractivity (Wildman–Crippen MR) is 102 cm³/mol. The Morgan fingerprint density at radius 2 is 1.76 bits per heavy atom. The molecule has 0 spiro atoms. The summed E-state index contributed by atoms with van der Waals surface area (Å²) in [6.07, 6.45) is 1.22. The Bertz CT molecular complexity index is 835. The van der Waals surface area contributed by atoms with Crippen molar-refractivity contribution < 1.29 is 13.2 Å². The average molecular weight is 422 g/mol. The van der Waals surface area contributed by atoms with Gasteiger partial charge in [0.1, 0.15) is 0 Å². The number of hydrogen-bond donors (Lipinski definition) is 0. The second-order valence-electron chi connectivity index (χ2n) is 6.30. The quantitative estimate of drug-likeness (QED) is 0.743. The van der Waals surface area contributed by atoms with E-state index in [0.717, 1.165) is 10.0 Å². The first-order valence-corrected chi connectivity index (χ1v) is 10.9. The molecule has 1 atom stereocenters. The maximum Gasteiger partial charge on any atom is 0.254 e. The van der Waals surface area contributed by atoms with Crippen LogP contribution in [-0.2, 0) is 16.3 Å². The summed E-state index contributed by atoms with van der Waals surface area (Å²) in [7, 11) is -3.05. The molecule has 0 bridgehead atoms. The molecule has 0 N–H and O–H groups in total. The summed E-state index contributed by atoms with van der Waals surface area (Å²) in [4.78, 5) is 14.7. The molecule has 6 heteroatoms. The lowest BCUT2D eigenvalue weighted by Crippen LogP contribution is -2.42. The maximum atomic E-state index is 13.0. The Morgan fingerprint density at radius 3 is 2.36 bits per heavy atom. The van der Waals surface area contributed by atoms with Crippen molar-refractivity contribution in [3.8, 4) is 0 Å². The molecule has 1 aliphatic heterocycles. The van der Waals surface area contributed by atoms with Gasteiger partial charge in [-0.15, -0.1) is 0 Å². The van der Waals surface area contributed by atoms with Gasteiger partial charge in [-0.25, -0.2) is 8.42 Å². The summed E-state index contributed by atoms with van der Waals surface area (Å²) in [6, 6.07) is 16.9. The number of sulfone groups is 1. The fraction of sp³-hybridized carbons (Fsp3) is 0.316. The number of carbonyl (C=O) groups is 1. The van der Waals surface area contributed by atoms with Gasteiger partial charge in [0.25, 0.3) is 5.91 Å². The van der Waals surface area contributed by atoms with Crippen LogP contribution in [0, 0.1) is 0 Å². The Kier molecular flexibility index (Phi) is 5.59. The van der Waals surface area contributed by atoms with E-state index in [1.165, 1.54) is 0 Å². The fourth-order valence-corrected chi connectivity index (χ4v) is 5.12. The third-order valence-corrected chi connectivity index (χ3v) is 6.76. The molecule has 0 aliphatic carbocycles. The molecule has 3 rings (SSSR count). The van der Waals surface area contributed by atoms with Crippen LogP contribution < -0.4 is 0 Å². The van der Waals surface area contributed by atoms with E-state index in [0.29, 0.717) is 24.9 Å². The first kappa shape index (κ1) is 18.1. The van der Waals surface area contributed by atoms with E-state index < -0.39 is 9.84 Å². The van der Waals surface area contributed by atoms with E-state index >= 15 is 0 Å². The zero-order valence-corrected chi connectivity index (χ0v) is 16.2. The molecule has 2 aromatic rings.